The first kappa shape index (κ1) is 17.4. The molecule has 1 aromatic carbocycles. The smallest absolute Gasteiger partial charge is 0.230 e. The van der Waals surface area contributed by atoms with Gasteiger partial charge in [-0.25, -0.2) is 9.67 Å². The van der Waals surface area contributed by atoms with Crippen LogP contribution >= 0.6 is 11.8 Å². The molecule has 0 aliphatic carbocycles. The lowest BCUT2D eigenvalue weighted by atomic mass is 10.3. The molecule has 0 aliphatic heterocycles. The summed E-state index contributed by atoms with van der Waals surface area (Å²) in [6.07, 6.45) is 0. The first-order valence-corrected chi connectivity index (χ1v) is 9.23. The van der Waals surface area contributed by atoms with Gasteiger partial charge in [0.2, 0.25) is 5.91 Å². The van der Waals surface area contributed by atoms with E-state index >= 15 is 0 Å². The van der Waals surface area contributed by atoms with E-state index in [0.29, 0.717) is 18.1 Å². The van der Waals surface area contributed by atoms with Gasteiger partial charge >= 0.3 is 0 Å². The highest BCUT2D eigenvalue weighted by atomic mass is 32.2. The number of benzene rings is 1. The Morgan fingerprint density at radius 1 is 1.28 bits per heavy atom. The van der Waals surface area contributed by atoms with Crippen molar-refractivity contribution in [2.24, 2.45) is 7.05 Å². The van der Waals surface area contributed by atoms with E-state index in [1.54, 1.807) is 4.68 Å². The molecule has 0 saturated heterocycles. The van der Waals surface area contributed by atoms with Crippen LogP contribution in [0.15, 0.2) is 24.3 Å². The fourth-order valence-electron chi connectivity index (χ4n) is 2.53. The Bertz CT molecular complexity index is 870. The number of fused-ring (bicyclic) bond motifs is 1. The molecule has 9 heteroatoms. The monoisotopic (exact) mass is 359 g/mol. The van der Waals surface area contributed by atoms with E-state index in [4.69, 9.17) is 0 Å². The molecule has 0 atom stereocenters. The van der Waals surface area contributed by atoms with Gasteiger partial charge in [-0.15, -0.1) is 16.9 Å². The molecular formula is C16H21N7OS. The molecule has 2 heterocycles. The van der Waals surface area contributed by atoms with E-state index in [1.165, 1.54) is 11.8 Å². The Kier molecular flexibility index (Phi) is 5.32. The third-order valence-electron chi connectivity index (χ3n) is 3.84. The molecule has 0 unspecified atom stereocenters. The number of nitrogens with one attached hydrogen (secondary N) is 1. The number of hydrogen-bond acceptors (Lipinski definition) is 6. The van der Waals surface area contributed by atoms with Crippen LogP contribution in [0.3, 0.4) is 0 Å². The molecule has 1 N–H and O–H groups in total. The molecule has 25 heavy (non-hydrogen) atoms. The van der Waals surface area contributed by atoms with E-state index in [0.717, 1.165) is 22.7 Å². The molecule has 0 spiro atoms. The molecular weight excluding hydrogens is 338 g/mol. The summed E-state index contributed by atoms with van der Waals surface area (Å²) in [5.74, 6) is 2.55. The number of tetrazole rings is 1. The maximum Gasteiger partial charge on any atom is 0.230 e. The summed E-state index contributed by atoms with van der Waals surface area (Å²) >= 11 is 1.49. The fourth-order valence-corrected chi connectivity index (χ4v) is 3.29. The van der Waals surface area contributed by atoms with Gasteiger partial charge in [0.15, 0.2) is 5.82 Å². The minimum absolute atomic E-state index is 0.0272. The molecule has 132 valence electrons. The van der Waals surface area contributed by atoms with Crippen molar-refractivity contribution in [2.75, 3.05) is 5.75 Å². The second-order valence-electron chi connectivity index (χ2n) is 5.98. The third-order valence-corrected chi connectivity index (χ3v) is 4.77. The number of aromatic nitrogens is 6. The van der Waals surface area contributed by atoms with Crippen molar-refractivity contribution in [3.05, 3.63) is 35.9 Å². The standard InChI is InChI=1S/C16H21N7OS/c1-11(2)23-15(19-20-21-23)9-25-10-16(24)17-8-14-18-12-6-4-5-7-13(12)22(14)3/h4-7,11H,8-10H2,1-3H3,(H,17,24). The number of aryl methyl sites for hydroxylation is 1. The zero-order chi connectivity index (χ0) is 17.8. The van der Waals surface area contributed by atoms with E-state index in [2.05, 4.69) is 25.8 Å². The second kappa shape index (κ2) is 7.64. The topological polar surface area (TPSA) is 90.5 Å². The maximum atomic E-state index is 12.1. The summed E-state index contributed by atoms with van der Waals surface area (Å²) in [6.45, 7) is 4.45. The van der Waals surface area contributed by atoms with E-state index < -0.39 is 0 Å². The van der Waals surface area contributed by atoms with Crippen LogP contribution in [0.1, 0.15) is 31.5 Å². The molecule has 2 aromatic heterocycles. The minimum atomic E-state index is -0.0272. The van der Waals surface area contributed by atoms with Crippen LogP contribution in [0.2, 0.25) is 0 Å². The van der Waals surface area contributed by atoms with Crippen molar-refractivity contribution >= 4 is 28.7 Å². The quantitative estimate of drug-likeness (QED) is 0.690. The molecule has 3 rings (SSSR count). The summed E-state index contributed by atoms with van der Waals surface area (Å²) in [4.78, 5) is 16.6. The van der Waals surface area contributed by atoms with Crippen molar-refractivity contribution in [3.63, 3.8) is 0 Å². The molecule has 0 fully saturated rings. The van der Waals surface area contributed by atoms with Crippen molar-refractivity contribution in [3.8, 4) is 0 Å². The number of para-hydroxylation sites is 2. The van der Waals surface area contributed by atoms with Gasteiger partial charge in [-0.05, 0) is 36.4 Å². The van der Waals surface area contributed by atoms with Crippen LogP contribution < -0.4 is 5.32 Å². The highest BCUT2D eigenvalue weighted by molar-refractivity contribution is 7.99. The molecule has 0 saturated carbocycles. The van der Waals surface area contributed by atoms with Crippen molar-refractivity contribution < 1.29 is 4.79 Å². The number of rotatable bonds is 7. The summed E-state index contributed by atoms with van der Waals surface area (Å²) in [6, 6.07) is 8.13. The molecule has 0 bridgehead atoms. The summed E-state index contributed by atoms with van der Waals surface area (Å²) in [5.41, 5.74) is 1.99. The molecule has 0 radical (unpaired) electrons. The van der Waals surface area contributed by atoms with Gasteiger partial charge in [0, 0.05) is 7.05 Å². The molecule has 3 aromatic rings. The normalized spacial score (nSPS) is 11.4. The van der Waals surface area contributed by atoms with Gasteiger partial charge in [0.05, 0.1) is 35.1 Å². The van der Waals surface area contributed by atoms with Crippen LogP contribution in [-0.2, 0) is 24.1 Å². The zero-order valence-electron chi connectivity index (χ0n) is 14.5. The van der Waals surface area contributed by atoms with Gasteiger partial charge in [-0.2, -0.15) is 0 Å². The van der Waals surface area contributed by atoms with E-state index in [1.807, 2.05) is 49.7 Å². The van der Waals surface area contributed by atoms with E-state index in [-0.39, 0.29) is 11.9 Å². The van der Waals surface area contributed by atoms with Crippen LogP contribution in [-0.4, -0.2) is 41.4 Å². The molecule has 8 nitrogen and oxygen atoms in total. The highest BCUT2D eigenvalue weighted by Gasteiger charge is 2.11. The summed E-state index contributed by atoms with van der Waals surface area (Å²) in [5, 5.41) is 14.6. The Labute approximate surface area is 150 Å². The number of carbonyl (C=O) groups excluding carboxylic acids is 1. The van der Waals surface area contributed by atoms with Crippen LogP contribution in [0.25, 0.3) is 11.0 Å². The minimum Gasteiger partial charge on any atom is -0.348 e. The first-order valence-electron chi connectivity index (χ1n) is 8.07. The lowest BCUT2D eigenvalue weighted by Gasteiger charge is -2.08. The first-order chi connectivity index (χ1) is 12.1. The number of thioether (sulfide) groups is 1. The fraction of sp³-hybridized carbons (Fsp3) is 0.438. The lowest BCUT2D eigenvalue weighted by Crippen LogP contribution is -2.26. The van der Waals surface area contributed by atoms with E-state index in [9.17, 15) is 4.79 Å². The number of amides is 1. The van der Waals surface area contributed by atoms with Crippen molar-refractivity contribution in [2.45, 2.75) is 32.2 Å². The average Bonchev–Trinajstić information content (AvgIpc) is 3.18. The maximum absolute atomic E-state index is 12.1. The number of nitrogens with zero attached hydrogens (tertiary/aromatic N) is 6. The van der Waals surface area contributed by atoms with Gasteiger partial charge in [-0.1, -0.05) is 12.1 Å². The van der Waals surface area contributed by atoms with Crippen LogP contribution in [0, 0.1) is 0 Å². The lowest BCUT2D eigenvalue weighted by molar-refractivity contribution is -0.118. The number of carbonyl (C=O) groups is 1. The molecule has 1 amide bonds. The van der Waals surface area contributed by atoms with Crippen molar-refractivity contribution in [1.29, 1.82) is 0 Å². The van der Waals surface area contributed by atoms with Crippen LogP contribution in [0.5, 0.6) is 0 Å². The van der Waals surface area contributed by atoms with Crippen molar-refractivity contribution in [1.82, 2.24) is 35.1 Å². The summed E-state index contributed by atoms with van der Waals surface area (Å²) in [7, 11) is 1.96. The third kappa shape index (κ3) is 3.98. The summed E-state index contributed by atoms with van der Waals surface area (Å²) < 4.78 is 3.77. The number of hydrogen-bond donors (Lipinski definition) is 1. The number of imidazole rings is 1. The Balaban J connectivity index is 1.49. The Morgan fingerprint density at radius 2 is 2.08 bits per heavy atom. The highest BCUT2D eigenvalue weighted by Crippen LogP contribution is 2.14. The average molecular weight is 359 g/mol. The van der Waals surface area contributed by atoms with Gasteiger partial charge in [-0.3, -0.25) is 4.79 Å². The van der Waals surface area contributed by atoms with Gasteiger partial charge < -0.3 is 9.88 Å². The van der Waals surface area contributed by atoms with Gasteiger partial charge in [0.1, 0.15) is 5.82 Å². The predicted octanol–water partition coefficient (Wildman–Crippen LogP) is 1.69. The van der Waals surface area contributed by atoms with Gasteiger partial charge in [0.25, 0.3) is 0 Å². The second-order valence-corrected chi connectivity index (χ2v) is 6.96. The van der Waals surface area contributed by atoms with Crippen LogP contribution in [0.4, 0.5) is 0 Å². The Morgan fingerprint density at radius 3 is 2.84 bits per heavy atom. The SMILES string of the molecule is CC(C)n1nnnc1CSCC(=O)NCc1nc2ccccc2n1C. The predicted molar refractivity (Wildman–Crippen MR) is 96.9 cm³/mol. The zero-order valence-corrected chi connectivity index (χ0v) is 15.3. The Hall–Kier alpha value is -2.42. The largest absolute Gasteiger partial charge is 0.348 e. The molecule has 0 aliphatic rings.